The highest BCUT2D eigenvalue weighted by atomic mass is 19.1. The lowest BCUT2D eigenvalue weighted by Gasteiger charge is -2.36. The summed E-state index contributed by atoms with van der Waals surface area (Å²) in [5.74, 6) is 0.272. The SMILES string of the molecule is COc1ccc(C(CNC(=O)C2(c3cccc(F)c3)CCOCC2)c2c[nH]c3ccccc23)cc1. The maximum atomic E-state index is 14.1. The fourth-order valence-corrected chi connectivity index (χ4v) is 5.14. The molecule has 0 radical (unpaired) electrons. The quantitative estimate of drug-likeness (QED) is 0.383. The van der Waals surface area contributed by atoms with Crippen LogP contribution in [0.3, 0.4) is 0 Å². The Balaban J connectivity index is 1.47. The van der Waals surface area contributed by atoms with E-state index in [9.17, 15) is 9.18 Å². The van der Waals surface area contributed by atoms with Gasteiger partial charge in [-0.05, 0) is 59.9 Å². The van der Waals surface area contributed by atoms with Gasteiger partial charge in [0.1, 0.15) is 11.6 Å². The van der Waals surface area contributed by atoms with Crippen LogP contribution >= 0.6 is 0 Å². The van der Waals surface area contributed by atoms with Crippen LogP contribution in [0.25, 0.3) is 10.9 Å². The van der Waals surface area contributed by atoms with Crippen LogP contribution in [0.5, 0.6) is 5.75 Å². The predicted molar refractivity (Wildman–Crippen MR) is 134 cm³/mol. The molecule has 3 aromatic carbocycles. The highest BCUT2D eigenvalue weighted by Crippen LogP contribution is 2.37. The molecule has 5 nitrogen and oxygen atoms in total. The molecule has 1 saturated heterocycles. The second-order valence-corrected chi connectivity index (χ2v) is 9.03. The fraction of sp³-hybridized carbons (Fsp3) is 0.276. The number of ether oxygens (including phenoxy) is 2. The summed E-state index contributed by atoms with van der Waals surface area (Å²) in [4.78, 5) is 17.1. The number of aromatic nitrogens is 1. The maximum absolute atomic E-state index is 14.1. The summed E-state index contributed by atoms with van der Waals surface area (Å²) in [6.45, 7) is 1.34. The molecule has 1 atom stereocenters. The lowest BCUT2D eigenvalue weighted by atomic mass is 9.73. The van der Waals surface area contributed by atoms with Crippen molar-refractivity contribution in [2.75, 3.05) is 26.9 Å². The van der Waals surface area contributed by atoms with E-state index < -0.39 is 5.41 Å². The Labute approximate surface area is 204 Å². The number of hydrogen-bond donors (Lipinski definition) is 2. The summed E-state index contributed by atoms with van der Waals surface area (Å²) in [5, 5.41) is 4.35. The van der Waals surface area contributed by atoms with Gasteiger partial charge in [-0.25, -0.2) is 4.39 Å². The predicted octanol–water partition coefficient (Wildman–Crippen LogP) is 5.31. The van der Waals surface area contributed by atoms with Gasteiger partial charge >= 0.3 is 0 Å². The van der Waals surface area contributed by atoms with Crippen molar-refractivity contribution in [3.05, 3.63) is 102 Å². The van der Waals surface area contributed by atoms with E-state index in [2.05, 4.69) is 16.4 Å². The molecule has 180 valence electrons. The molecule has 0 aliphatic carbocycles. The third-order valence-electron chi connectivity index (χ3n) is 7.14. The zero-order chi connectivity index (χ0) is 24.3. The number of methoxy groups -OCH3 is 1. The standard InChI is InChI=1S/C29H29FN2O3/c1-34-23-11-9-20(10-12-23)25(26-19-31-27-8-3-2-7-24(26)27)18-32-28(33)29(13-15-35-16-14-29)21-5-4-6-22(30)17-21/h2-12,17,19,25,31H,13-16,18H2,1H3,(H,32,33). The molecule has 1 unspecified atom stereocenters. The van der Waals surface area contributed by atoms with Crippen molar-refractivity contribution in [1.29, 1.82) is 0 Å². The van der Waals surface area contributed by atoms with Crippen LogP contribution in [0, 0.1) is 5.82 Å². The Kier molecular flexibility index (Phi) is 6.55. The summed E-state index contributed by atoms with van der Waals surface area (Å²) < 4.78 is 25.0. The van der Waals surface area contributed by atoms with Gasteiger partial charge in [0, 0.05) is 42.8 Å². The summed E-state index contributed by atoms with van der Waals surface area (Å²) in [5.41, 5.74) is 3.12. The Bertz CT molecular complexity index is 1310. The highest BCUT2D eigenvalue weighted by Gasteiger charge is 2.42. The van der Waals surface area contributed by atoms with Crippen LogP contribution in [0.1, 0.15) is 35.4 Å². The van der Waals surface area contributed by atoms with Crippen molar-refractivity contribution in [3.8, 4) is 5.75 Å². The van der Waals surface area contributed by atoms with E-state index in [1.165, 1.54) is 12.1 Å². The molecule has 1 aromatic heterocycles. The summed E-state index contributed by atoms with van der Waals surface area (Å²) in [6, 6.07) is 22.5. The van der Waals surface area contributed by atoms with E-state index in [0.717, 1.165) is 27.8 Å². The number of carbonyl (C=O) groups is 1. The van der Waals surface area contributed by atoms with Gasteiger partial charge in [-0.1, -0.05) is 42.5 Å². The molecule has 2 N–H and O–H groups in total. The number of nitrogens with one attached hydrogen (secondary N) is 2. The third-order valence-corrected chi connectivity index (χ3v) is 7.14. The third kappa shape index (κ3) is 4.54. The number of aromatic amines is 1. The molecule has 1 amide bonds. The lowest BCUT2D eigenvalue weighted by molar-refractivity contribution is -0.130. The van der Waals surface area contributed by atoms with Crippen LogP contribution in [0.2, 0.25) is 0 Å². The highest BCUT2D eigenvalue weighted by molar-refractivity contribution is 5.89. The van der Waals surface area contributed by atoms with Gasteiger partial charge in [-0.3, -0.25) is 4.79 Å². The molecule has 1 fully saturated rings. The van der Waals surface area contributed by atoms with E-state index in [1.54, 1.807) is 13.2 Å². The molecule has 4 aromatic rings. The first-order valence-electron chi connectivity index (χ1n) is 11.9. The van der Waals surface area contributed by atoms with Gasteiger partial charge in [0.15, 0.2) is 0 Å². The smallest absolute Gasteiger partial charge is 0.230 e. The second kappa shape index (κ2) is 9.92. The van der Waals surface area contributed by atoms with E-state index in [1.807, 2.05) is 54.7 Å². The molecule has 35 heavy (non-hydrogen) atoms. The molecule has 6 heteroatoms. The van der Waals surface area contributed by atoms with Gasteiger partial charge in [0.25, 0.3) is 0 Å². The van der Waals surface area contributed by atoms with Gasteiger partial charge in [-0.15, -0.1) is 0 Å². The zero-order valence-corrected chi connectivity index (χ0v) is 19.7. The molecule has 2 heterocycles. The van der Waals surface area contributed by atoms with E-state index >= 15 is 0 Å². The average Bonchev–Trinajstić information content (AvgIpc) is 3.33. The fourth-order valence-electron chi connectivity index (χ4n) is 5.14. The molecular weight excluding hydrogens is 443 g/mol. The molecule has 1 aliphatic rings. The second-order valence-electron chi connectivity index (χ2n) is 9.03. The van der Waals surface area contributed by atoms with E-state index in [0.29, 0.717) is 38.2 Å². The normalized spacial score (nSPS) is 16.1. The Hall–Kier alpha value is -3.64. The summed E-state index contributed by atoms with van der Waals surface area (Å²) in [6.07, 6.45) is 3.05. The summed E-state index contributed by atoms with van der Waals surface area (Å²) >= 11 is 0. The number of amides is 1. The molecule has 0 bridgehead atoms. The molecular formula is C29H29FN2O3. The minimum absolute atomic E-state index is 0.0783. The van der Waals surface area contributed by atoms with Crippen molar-refractivity contribution in [2.24, 2.45) is 0 Å². The Morgan fingerprint density at radius 2 is 1.86 bits per heavy atom. The van der Waals surface area contributed by atoms with Crippen molar-refractivity contribution in [3.63, 3.8) is 0 Å². The molecule has 5 rings (SSSR count). The Morgan fingerprint density at radius 1 is 1.09 bits per heavy atom. The van der Waals surface area contributed by atoms with Gasteiger partial charge in [0.05, 0.1) is 12.5 Å². The average molecular weight is 473 g/mol. The number of benzene rings is 3. The maximum Gasteiger partial charge on any atom is 0.230 e. The lowest BCUT2D eigenvalue weighted by Crippen LogP contribution is -2.49. The number of fused-ring (bicyclic) bond motifs is 1. The van der Waals surface area contributed by atoms with Crippen molar-refractivity contribution in [1.82, 2.24) is 10.3 Å². The largest absolute Gasteiger partial charge is 0.497 e. The minimum Gasteiger partial charge on any atom is -0.497 e. The van der Waals surface area contributed by atoms with Crippen molar-refractivity contribution >= 4 is 16.8 Å². The first kappa shape index (κ1) is 23.1. The first-order valence-corrected chi connectivity index (χ1v) is 11.9. The van der Waals surface area contributed by atoms with Gasteiger partial charge < -0.3 is 19.8 Å². The van der Waals surface area contributed by atoms with Crippen LogP contribution in [-0.4, -0.2) is 37.8 Å². The first-order chi connectivity index (χ1) is 17.1. The van der Waals surface area contributed by atoms with Crippen LogP contribution in [-0.2, 0) is 14.9 Å². The van der Waals surface area contributed by atoms with Crippen molar-refractivity contribution < 1.29 is 18.7 Å². The molecule has 0 saturated carbocycles. The van der Waals surface area contributed by atoms with Crippen molar-refractivity contribution in [2.45, 2.75) is 24.2 Å². The van der Waals surface area contributed by atoms with Gasteiger partial charge in [-0.2, -0.15) is 0 Å². The minimum atomic E-state index is -0.814. The molecule has 0 spiro atoms. The number of rotatable bonds is 7. The van der Waals surface area contributed by atoms with Crippen LogP contribution in [0.4, 0.5) is 4.39 Å². The van der Waals surface area contributed by atoms with E-state index in [4.69, 9.17) is 9.47 Å². The topological polar surface area (TPSA) is 63.4 Å². The number of hydrogen-bond acceptors (Lipinski definition) is 3. The van der Waals surface area contributed by atoms with E-state index in [-0.39, 0.29) is 17.6 Å². The number of H-pyrrole nitrogens is 1. The number of para-hydroxylation sites is 1. The zero-order valence-electron chi connectivity index (χ0n) is 19.7. The molecule has 1 aliphatic heterocycles. The Morgan fingerprint density at radius 3 is 2.60 bits per heavy atom. The monoisotopic (exact) mass is 472 g/mol. The number of carbonyl (C=O) groups excluding carboxylic acids is 1. The number of halogens is 1. The van der Waals surface area contributed by atoms with Crippen LogP contribution < -0.4 is 10.1 Å². The van der Waals surface area contributed by atoms with Gasteiger partial charge in [0.2, 0.25) is 5.91 Å². The summed E-state index contributed by atoms with van der Waals surface area (Å²) in [7, 11) is 1.64. The van der Waals surface area contributed by atoms with Crippen LogP contribution in [0.15, 0.2) is 79.0 Å².